The first kappa shape index (κ1) is 11.0. The van der Waals surface area contributed by atoms with Crippen LogP contribution in [-0.2, 0) is 4.84 Å². The molecule has 2 heterocycles. The van der Waals surface area contributed by atoms with Crippen LogP contribution in [0.4, 0.5) is 0 Å². The lowest BCUT2D eigenvalue weighted by Crippen LogP contribution is -2.46. The summed E-state index contributed by atoms with van der Waals surface area (Å²) in [5.41, 5.74) is 3.35. The van der Waals surface area contributed by atoms with Crippen molar-refractivity contribution in [3.05, 3.63) is 0 Å². The van der Waals surface area contributed by atoms with Crippen LogP contribution in [0, 0.1) is 0 Å². The van der Waals surface area contributed by atoms with Gasteiger partial charge in [-0.05, 0) is 51.6 Å². The number of rotatable bonds is 3. The lowest BCUT2D eigenvalue weighted by Gasteiger charge is -2.35. The normalized spacial score (nSPS) is 36.8. The highest BCUT2D eigenvalue weighted by Gasteiger charge is 2.32. The second-order valence-electron chi connectivity index (χ2n) is 5.70. The van der Waals surface area contributed by atoms with E-state index in [1.54, 1.807) is 0 Å². The molecule has 2 unspecified atom stereocenters. The zero-order valence-electron chi connectivity index (χ0n) is 10.2. The molecule has 0 radical (unpaired) electrons. The van der Waals surface area contributed by atoms with Gasteiger partial charge in [-0.15, -0.1) is 0 Å². The molecule has 0 aromatic rings. The van der Waals surface area contributed by atoms with Gasteiger partial charge < -0.3 is 4.90 Å². The van der Waals surface area contributed by atoms with Crippen LogP contribution in [-0.4, -0.2) is 36.2 Å². The van der Waals surface area contributed by atoms with Crippen LogP contribution in [0.3, 0.4) is 0 Å². The summed E-state index contributed by atoms with van der Waals surface area (Å²) in [6, 6.07) is 1.46. The summed E-state index contributed by atoms with van der Waals surface area (Å²) in [5, 5.41) is 0. The second-order valence-corrected chi connectivity index (χ2v) is 5.70. The molecule has 3 heteroatoms. The molecule has 2 atom stereocenters. The average Bonchev–Trinajstić information content (AvgIpc) is 2.97. The van der Waals surface area contributed by atoms with E-state index in [0.717, 1.165) is 6.04 Å². The predicted octanol–water partition coefficient (Wildman–Crippen LogP) is 2.08. The molecule has 0 bridgehead atoms. The Morgan fingerprint density at radius 2 is 1.81 bits per heavy atom. The minimum Gasteiger partial charge on any atom is -0.300 e. The Bertz CT molecular complexity index is 228. The molecule has 0 aromatic carbocycles. The summed E-state index contributed by atoms with van der Waals surface area (Å²) in [6.07, 6.45) is 11.1. The van der Waals surface area contributed by atoms with Crippen LogP contribution >= 0.6 is 0 Å². The Hall–Kier alpha value is -0.120. The highest BCUT2D eigenvalue weighted by molar-refractivity contribution is 4.88. The van der Waals surface area contributed by atoms with Crippen molar-refractivity contribution in [2.24, 2.45) is 0 Å². The number of nitrogens with zero attached hydrogens (tertiary/aromatic N) is 1. The number of fused-ring (bicyclic) bond motifs is 1. The van der Waals surface area contributed by atoms with Gasteiger partial charge in [0, 0.05) is 12.1 Å². The summed E-state index contributed by atoms with van der Waals surface area (Å²) in [6.45, 7) is 2.61. The van der Waals surface area contributed by atoms with Crippen molar-refractivity contribution in [1.82, 2.24) is 10.4 Å². The van der Waals surface area contributed by atoms with Gasteiger partial charge in [0.1, 0.15) is 0 Å². The van der Waals surface area contributed by atoms with Gasteiger partial charge in [0.15, 0.2) is 0 Å². The van der Waals surface area contributed by atoms with Gasteiger partial charge in [0.25, 0.3) is 0 Å². The molecular weight excluding hydrogens is 200 g/mol. The smallest absolute Gasteiger partial charge is 0.0790 e. The molecule has 2 saturated heterocycles. The number of piperidine rings is 1. The zero-order valence-corrected chi connectivity index (χ0v) is 10.2. The molecule has 3 fully saturated rings. The molecule has 0 amide bonds. The van der Waals surface area contributed by atoms with Crippen molar-refractivity contribution in [2.75, 3.05) is 13.1 Å². The predicted molar refractivity (Wildman–Crippen MR) is 64.1 cm³/mol. The fourth-order valence-corrected chi connectivity index (χ4v) is 3.53. The summed E-state index contributed by atoms with van der Waals surface area (Å²) in [7, 11) is 0. The average molecular weight is 224 g/mol. The van der Waals surface area contributed by atoms with Gasteiger partial charge in [0.2, 0.25) is 0 Å². The van der Waals surface area contributed by atoms with E-state index >= 15 is 0 Å². The van der Waals surface area contributed by atoms with Crippen molar-refractivity contribution in [3.63, 3.8) is 0 Å². The molecule has 1 N–H and O–H groups in total. The maximum absolute atomic E-state index is 5.82. The van der Waals surface area contributed by atoms with Crippen molar-refractivity contribution in [3.8, 4) is 0 Å². The van der Waals surface area contributed by atoms with Gasteiger partial charge >= 0.3 is 0 Å². The Labute approximate surface area is 98.5 Å². The molecule has 3 aliphatic rings. The van der Waals surface area contributed by atoms with Gasteiger partial charge in [-0.2, -0.15) is 5.48 Å². The van der Waals surface area contributed by atoms with Crippen molar-refractivity contribution >= 4 is 0 Å². The van der Waals surface area contributed by atoms with Crippen LogP contribution in [0.1, 0.15) is 51.4 Å². The Morgan fingerprint density at radius 1 is 0.938 bits per heavy atom. The van der Waals surface area contributed by atoms with Crippen molar-refractivity contribution < 1.29 is 4.84 Å². The van der Waals surface area contributed by atoms with Crippen LogP contribution < -0.4 is 5.48 Å². The molecule has 0 spiro atoms. The first-order chi connectivity index (χ1) is 7.92. The van der Waals surface area contributed by atoms with Gasteiger partial charge in [-0.25, -0.2) is 0 Å². The van der Waals surface area contributed by atoms with Crippen LogP contribution in [0.5, 0.6) is 0 Å². The Morgan fingerprint density at radius 3 is 2.69 bits per heavy atom. The Balaban J connectivity index is 1.42. The highest BCUT2D eigenvalue weighted by atomic mass is 16.7. The van der Waals surface area contributed by atoms with E-state index in [-0.39, 0.29) is 0 Å². The number of hydroxylamine groups is 1. The SMILES string of the molecule is C1CCC(ONC2CCN3CCCC3C2)C1. The first-order valence-electron chi connectivity index (χ1n) is 7.07. The van der Waals surface area contributed by atoms with Crippen molar-refractivity contribution in [1.29, 1.82) is 0 Å². The maximum atomic E-state index is 5.82. The van der Waals surface area contributed by atoms with Crippen LogP contribution in [0.25, 0.3) is 0 Å². The molecule has 3 rings (SSSR count). The lowest BCUT2D eigenvalue weighted by molar-refractivity contribution is -0.0538. The van der Waals surface area contributed by atoms with Gasteiger partial charge in [0.05, 0.1) is 6.10 Å². The number of hydrogen-bond acceptors (Lipinski definition) is 3. The van der Waals surface area contributed by atoms with E-state index in [1.165, 1.54) is 64.5 Å². The summed E-state index contributed by atoms with van der Waals surface area (Å²) in [5.74, 6) is 0. The van der Waals surface area contributed by atoms with E-state index < -0.39 is 0 Å². The maximum Gasteiger partial charge on any atom is 0.0790 e. The molecule has 3 nitrogen and oxygen atoms in total. The zero-order chi connectivity index (χ0) is 10.8. The summed E-state index contributed by atoms with van der Waals surface area (Å²) >= 11 is 0. The van der Waals surface area contributed by atoms with E-state index in [1.807, 2.05) is 0 Å². The van der Waals surface area contributed by atoms with E-state index in [4.69, 9.17) is 4.84 Å². The molecule has 2 aliphatic heterocycles. The quantitative estimate of drug-likeness (QED) is 0.743. The molecule has 0 aromatic heterocycles. The van der Waals surface area contributed by atoms with E-state index in [2.05, 4.69) is 10.4 Å². The van der Waals surface area contributed by atoms with Gasteiger partial charge in [-0.1, -0.05) is 12.8 Å². The molecule has 1 saturated carbocycles. The van der Waals surface area contributed by atoms with Crippen LogP contribution in [0.15, 0.2) is 0 Å². The minimum absolute atomic E-state index is 0.501. The third-order valence-corrected chi connectivity index (χ3v) is 4.52. The molecule has 92 valence electrons. The fraction of sp³-hybridized carbons (Fsp3) is 1.00. The third-order valence-electron chi connectivity index (χ3n) is 4.52. The number of hydrogen-bond donors (Lipinski definition) is 1. The summed E-state index contributed by atoms with van der Waals surface area (Å²) in [4.78, 5) is 8.48. The van der Waals surface area contributed by atoms with Crippen molar-refractivity contribution in [2.45, 2.75) is 69.6 Å². The first-order valence-corrected chi connectivity index (χ1v) is 7.07. The minimum atomic E-state index is 0.501. The second kappa shape index (κ2) is 5.03. The van der Waals surface area contributed by atoms with Crippen LogP contribution in [0.2, 0.25) is 0 Å². The highest BCUT2D eigenvalue weighted by Crippen LogP contribution is 2.27. The molecular formula is C13H24N2O. The van der Waals surface area contributed by atoms with Gasteiger partial charge in [-0.3, -0.25) is 4.84 Å². The fourth-order valence-electron chi connectivity index (χ4n) is 3.53. The standard InChI is InChI=1S/C13H24N2O/c1-2-6-13(5-1)16-14-11-7-9-15-8-3-4-12(15)10-11/h11-14H,1-10H2. The third kappa shape index (κ3) is 2.41. The van der Waals surface area contributed by atoms with E-state index in [0.29, 0.717) is 12.1 Å². The Kier molecular flexibility index (Phi) is 3.46. The summed E-state index contributed by atoms with van der Waals surface area (Å²) < 4.78 is 0. The number of nitrogens with one attached hydrogen (secondary N) is 1. The monoisotopic (exact) mass is 224 g/mol. The largest absolute Gasteiger partial charge is 0.300 e. The topological polar surface area (TPSA) is 24.5 Å². The van der Waals surface area contributed by atoms with E-state index in [9.17, 15) is 0 Å². The molecule has 16 heavy (non-hydrogen) atoms. The lowest BCUT2D eigenvalue weighted by atomic mass is 9.98. The molecule has 1 aliphatic carbocycles.